The van der Waals surface area contributed by atoms with Crippen molar-refractivity contribution in [2.75, 3.05) is 0 Å². The van der Waals surface area contributed by atoms with Gasteiger partial charge in [0.2, 0.25) is 0 Å². The maximum absolute atomic E-state index is 4.99. The first-order valence-electron chi connectivity index (χ1n) is 12.8. The zero-order valence-corrected chi connectivity index (χ0v) is 20.8. The lowest BCUT2D eigenvalue weighted by molar-refractivity contribution is 1.18. The average Bonchev–Trinajstić information content (AvgIpc) is 3.00. The van der Waals surface area contributed by atoms with E-state index >= 15 is 0 Å². The molecule has 0 aliphatic rings. The summed E-state index contributed by atoms with van der Waals surface area (Å²) in [6.45, 7) is 0. The molecular weight excluding hydrogens is 460 g/mol. The first kappa shape index (κ1) is 22.1. The molecule has 0 unspecified atom stereocenters. The van der Waals surface area contributed by atoms with Gasteiger partial charge in [0.15, 0.2) is 5.82 Å². The molecule has 7 rings (SSSR count). The van der Waals surface area contributed by atoms with Gasteiger partial charge in [0.05, 0.1) is 11.4 Å². The van der Waals surface area contributed by atoms with Crippen LogP contribution in [-0.4, -0.2) is 9.97 Å². The third kappa shape index (κ3) is 4.03. The van der Waals surface area contributed by atoms with E-state index in [1.54, 1.807) is 0 Å². The first-order valence-corrected chi connectivity index (χ1v) is 12.8. The number of hydrogen-bond donors (Lipinski definition) is 0. The van der Waals surface area contributed by atoms with E-state index in [0.717, 1.165) is 33.9 Å². The van der Waals surface area contributed by atoms with Crippen LogP contribution in [0.2, 0.25) is 0 Å². The Balaban J connectivity index is 1.38. The van der Waals surface area contributed by atoms with Crippen LogP contribution < -0.4 is 0 Å². The molecule has 0 spiro atoms. The summed E-state index contributed by atoms with van der Waals surface area (Å²) in [7, 11) is 0. The van der Waals surface area contributed by atoms with Gasteiger partial charge in [0.25, 0.3) is 0 Å². The van der Waals surface area contributed by atoms with Crippen molar-refractivity contribution in [1.29, 1.82) is 0 Å². The third-order valence-corrected chi connectivity index (χ3v) is 7.07. The second-order valence-electron chi connectivity index (χ2n) is 9.47. The summed E-state index contributed by atoms with van der Waals surface area (Å²) in [5.74, 6) is 0.728. The Hall–Kier alpha value is -5.08. The van der Waals surface area contributed by atoms with Gasteiger partial charge in [-0.1, -0.05) is 133 Å². The summed E-state index contributed by atoms with van der Waals surface area (Å²) >= 11 is 0. The predicted molar refractivity (Wildman–Crippen MR) is 159 cm³/mol. The van der Waals surface area contributed by atoms with Gasteiger partial charge in [-0.3, -0.25) is 0 Å². The number of nitrogens with zero attached hydrogens (tertiary/aromatic N) is 2. The maximum Gasteiger partial charge on any atom is 0.160 e. The van der Waals surface area contributed by atoms with Crippen molar-refractivity contribution in [1.82, 2.24) is 9.97 Å². The molecule has 38 heavy (non-hydrogen) atoms. The van der Waals surface area contributed by atoms with E-state index in [4.69, 9.17) is 9.97 Å². The minimum atomic E-state index is 0.728. The van der Waals surface area contributed by atoms with Crippen LogP contribution in [0.3, 0.4) is 0 Å². The lowest BCUT2D eigenvalue weighted by Gasteiger charge is -2.13. The molecule has 0 aliphatic carbocycles. The lowest BCUT2D eigenvalue weighted by atomic mass is 9.91. The largest absolute Gasteiger partial charge is 0.228 e. The summed E-state index contributed by atoms with van der Waals surface area (Å²) in [4.78, 5) is 9.91. The number of fused-ring (bicyclic) bond motifs is 2. The number of hydrogen-bond acceptors (Lipinski definition) is 2. The predicted octanol–water partition coefficient (Wildman–Crippen LogP) is 9.45. The van der Waals surface area contributed by atoms with E-state index in [9.17, 15) is 0 Å². The van der Waals surface area contributed by atoms with Crippen molar-refractivity contribution in [3.05, 3.63) is 146 Å². The highest BCUT2D eigenvalue weighted by molar-refractivity contribution is 6.12. The molecule has 2 nitrogen and oxygen atoms in total. The second-order valence-corrected chi connectivity index (χ2v) is 9.47. The molecule has 0 radical (unpaired) electrons. The van der Waals surface area contributed by atoms with Gasteiger partial charge in [-0.25, -0.2) is 9.97 Å². The second kappa shape index (κ2) is 9.42. The molecule has 1 heterocycles. The molecule has 1 aromatic heterocycles. The summed E-state index contributed by atoms with van der Waals surface area (Å²) in [5.41, 5.74) is 7.43. The van der Waals surface area contributed by atoms with Crippen molar-refractivity contribution in [2.24, 2.45) is 0 Å². The minimum Gasteiger partial charge on any atom is -0.228 e. The fraction of sp³-hybridized carbons (Fsp3) is 0. The quantitative estimate of drug-likeness (QED) is 0.233. The van der Waals surface area contributed by atoms with Crippen molar-refractivity contribution in [3.8, 4) is 45.0 Å². The molecule has 178 valence electrons. The van der Waals surface area contributed by atoms with E-state index < -0.39 is 0 Å². The zero-order valence-electron chi connectivity index (χ0n) is 20.8. The van der Waals surface area contributed by atoms with Crippen LogP contribution in [0.5, 0.6) is 0 Å². The van der Waals surface area contributed by atoms with E-state index in [0.29, 0.717) is 0 Å². The van der Waals surface area contributed by atoms with Crippen molar-refractivity contribution >= 4 is 21.5 Å². The molecule has 0 N–H and O–H groups in total. The van der Waals surface area contributed by atoms with Crippen molar-refractivity contribution in [2.45, 2.75) is 0 Å². The topological polar surface area (TPSA) is 25.8 Å². The van der Waals surface area contributed by atoms with Crippen LogP contribution in [0.4, 0.5) is 0 Å². The van der Waals surface area contributed by atoms with Crippen molar-refractivity contribution in [3.63, 3.8) is 0 Å². The monoisotopic (exact) mass is 484 g/mol. The van der Waals surface area contributed by atoms with Gasteiger partial charge >= 0.3 is 0 Å². The summed E-state index contributed by atoms with van der Waals surface area (Å²) < 4.78 is 0. The fourth-order valence-corrected chi connectivity index (χ4v) is 5.20. The highest BCUT2D eigenvalue weighted by atomic mass is 14.9. The van der Waals surface area contributed by atoms with Crippen LogP contribution in [0.25, 0.3) is 66.6 Å². The number of aromatic nitrogens is 2. The Morgan fingerprint density at radius 3 is 1.37 bits per heavy atom. The third-order valence-electron chi connectivity index (χ3n) is 7.07. The molecule has 0 fully saturated rings. The van der Waals surface area contributed by atoms with E-state index in [2.05, 4.69) is 109 Å². The smallest absolute Gasteiger partial charge is 0.160 e. The summed E-state index contributed by atoms with van der Waals surface area (Å²) in [5, 5.41) is 5.03. The lowest BCUT2D eigenvalue weighted by Crippen LogP contribution is -1.95. The SMILES string of the molecule is c1ccc(-c2cc(-c3ccc(-c4c5ccccc5cc5ccccc45)cc3)nc(-c3ccccc3)n2)cc1. The number of benzene rings is 6. The highest BCUT2D eigenvalue weighted by Crippen LogP contribution is 2.37. The molecule has 0 saturated heterocycles. The highest BCUT2D eigenvalue weighted by Gasteiger charge is 2.13. The Labute approximate surface area is 221 Å². The van der Waals surface area contributed by atoms with Gasteiger partial charge in [0.1, 0.15) is 0 Å². The molecule has 0 bridgehead atoms. The number of rotatable bonds is 4. The Morgan fingerprint density at radius 2 is 0.789 bits per heavy atom. The van der Waals surface area contributed by atoms with E-state index in [-0.39, 0.29) is 0 Å². The van der Waals surface area contributed by atoms with Crippen molar-refractivity contribution < 1.29 is 0 Å². The molecule has 0 atom stereocenters. The molecule has 2 heteroatoms. The molecular formula is C36H24N2. The van der Waals surface area contributed by atoms with E-state index in [1.807, 2.05) is 36.4 Å². The van der Waals surface area contributed by atoms with Crippen LogP contribution >= 0.6 is 0 Å². The summed E-state index contributed by atoms with van der Waals surface area (Å²) in [6, 6.07) is 50.9. The van der Waals surface area contributed by atoms with Crippen LogP contribution in [0.15, 0.2) is 146 Å². The zero-order chi connectivity index (χ0) is 25.3. The van der Waals surface area contributed by atoms with Crippen LogP contribution in [-0.2, 0) is 0 Å². The van der Waals surface area contributed by atoms with Crippen LogP contribution in [0, 0.1) is 0 Å². The standard InChI is InChI=1S/C36H24N2/c1-3-11-25(12-4-1)33-24-34(38-36(37-33)28-13-5-2-6-14-28)26-19-21-27(22-20-26)35-31-17-9-7-15-29(31)23-30-16-8-10-18-32(30)35/h1-24H. The Morgan fingerprint density at radius 1 is 0.342 bits per heavy atom. The molecule has 0 aliphatic heterocycles. The normalized spacial score (nSPS) is 11.2. The van der Waals surface area contributed by atoms with Crippen LogP contribution in [0.1, 0.15) is 0 Å². The summed E-state index contributed by atoms with van der Waals surface area (Å²) in [6.07, 6.45) is 0. The molecule has 0 saturated carbocycles. The molecule has 0 amide bonds. The van der Waals surface area contributed by atoms with Gasteiger partial charge in [0, 0.05) is 16.7 Å². The maximum atomic E-state index is 4.99. The first-order chi connectivity index (χ1) is 18.8. The van der Waals surface area contributed by atoms with Gasteiger partial charge < -0.3 is 0 Å². The Bertz CT molecular complexity index is 1780. The minimum absolute atomic E-state index is 0.728. The average molecular weight is 485 g/mol. The van der Waals surface area contributed by atoms with Gasteiger partial charge in [-0.2, -0.15) is 0 Å². The molecule has 6 aromatic carbocycles. The van der Waals surface area contributed by atoms with E-state index in [1.165, 1.54) is 32.7 Å². The molecule has 7 aromatic rings. The Kier molecular flexibility index (Phi) is 5.49. The van der Waals surface area contributed by atoms with Gasteiger partial charge in [-0.05, 0) is 44.8 Å². The van der Waals surface area contributed by atoms with Gasteiger partial charge in [-0.15, -0.1) is 0 Å². The fourth-order valence-electron chi connectivity index (χ4n) is 5.20.